The highest BCUT2D eigenvalue weighted by molar-refractivity contribution is 5.92. The molecule has 0 aliphatic rings. The first-order valence-electron chi connectivity index (χ1n) is 6.31. The van der Waals surface area contributed by atoms with Gasteiger partial charge >= 0.3 is 0 Å². The molecule has 0 nitrogen and oxygen atoms in total. The lowest BCUT2D eigenvalue weighted by Gasteiger charge is -2.12. The zero-order chi connectivity index (χ0) is 12.4. The van der Waals surface area contributed by atoms with Gasteiger partial charge in [0.2, 0.25) is 0 Å². The first-order valence-corrected chi connectivity index (χ1v) is 6.31. The van der Waals surface area contributed by atoms with E-state index in [1.54, 1.807) is 0 Å². The van der Waals surface area contributed by atoms with Crippen molar-refractivity contribution in [2.45, 2.75) is 34.1 Å². The molecule has 0 N–H and O–H groups in total. The number of hydrogen-bond donors (Lipinski definition) is 0. The van der Waals surface area contributed by atoms with Crippen LogP contribution in [0.4, 0.5) is 0 Å². The molecular formula is C17H20. The highest BCUT2D eigenvalue weighted by atomic mass is 14.1. The summed E-state index contributed by atoms with van der Waals surface area (Å²) in [4.78, 5) is 0. The van der Waals surface area contributed by atoms with Crippen molar-refractivity contribution in [3.8, 4) is 0 Å². The van der Waals surface area contributed by atoms with Crippen LogP contribution in [0, 0.1) is 13.8 Å². The van der Waals surface area contributed by atoms with E-state index in [-0.39, 0.29) is 0 Å². The van der Waals surface area contributed by atoms with Gasteiger partial charge in [-0.3, -0.25) is 0 Å². The minimum absolute atomic E-state index is 1.09. The lowest BCUT2D eigenvalue weighted by atomic mass is 9.92. The molecular weight excluding hydrogens is 204 g/mol. The summed E-state index contributed by atoms with van der Waals surface area (Å²) in [7, 11) is 0. The monoisotopic (exact) mass is 224 g/mol. The van der Waals surface area contributed by atoms with Gasteiger partial charge in [-0.1, -0.05) is 43.3 Å². The molecule has 0 bridgehead atoms. The number of fused-ring (bicyclic) bond motifs is 1. The van der Waals surface area contributed by atoms with Crippen molar-refractivity contribution < 1.29 is 0 Å². The molecule has 0 saturated heterocycles. The molecule has 0 radical (unpaired) electrons. The molecule has 0 saturated carbocycles. The highest BCUT2D eigenvalue weighted by Gasteiger charge is 2.07. The molecule has 0 aromatic heterocycles. The van der Waals surface area contributed by atoms with Crippen LogP contribution in [0.5, 0.6) is 0 Å². The molecule has 0 spiro atoms. The number of benzene rings is 2. The topological polar surface area (TPSA) is 0 Å². The Hall–Kier alpha value is -1.56. The van der Waals surface area contributed by atoms with Gasteiger partial charge in [0.15, 0.2) is 0 Å². The van der Waals surface area contributed by atoms with Crippen molar-refractivity contribution in [3.63, 3.8) is 0 Å². The molecule has 2 aromatic carbocycles. The predicted molar refractivity (Wildman–Crippen MR) is 77.4 cm³/mol. The summed E-state index contributed by atoms with van der Waals surface area (Å²) >= 11 is 0. The summed E-state index contributed by atoms with van der Waals surface area (Å²) < 4.78 is 0. The van der Waals surface area contributed by atoms with Crippen molar-refractivity contribution in [1.29, 1.82) is 0 Å². The fraction of sp³-hybridized carbons (Fsp3) is 0.294. The Balaban J connectivity index is 2.75. The van der Waals surface area contributed by atoms with E-state index in [1.807, 2.05) is 0 Å². The molecule has 0 aliphatic heterocycles. The maximum absolute atomic E-state index is 2.32. The van der Waals surface area contributed by atoms with E-state index in [4.69, 9.17) is 0 Å². The van der Waals surface area contributed by atoms with Crippen LogP contribution in [0.3, 0.4) is 0 Å². The van der Waals surface area contributed by atoms with Crippen molar-refractivity contribution in [2.24, 2.45) is 0 Å². The van der Waals surface area contributed by atoms with E-state index in [2.05, 4.69) is 64.1 Å². The molecule has 2 aromatic rings. The van der Waals surface area contributed by atoms with Crippen molar-refractivity contribution >= 4 is 16.3 Å². The second-order valence-corrected chi connectivity index (χ2v) is 4.71. The van der Waals surface area contributed by atoms with Crippen LogP contribution in [-0.2, 0) is 0 Å². The standard InChI is InChI=1S/C17H20/c1-5-8-12(2)17-11-13(3)15-9-6-7-10-16(15)14(17)4/h6-11H,5H2,1-4H3. The summed E-state index contributed by atoms with van der Waals surface area (Å²) in [6, 6.07) is 11.0. The van der Waals surface area contributed by atoms with Gasteiger partial charge in [0.05, 0.1) is 0 Å². The summed E-state index contributed by atoms with van der Waals surface area (Å²) in [6.45, 7) is 8.82. The van der Waals surface area contributed by atoms with Gasteiger partial charge in [0.1, 0.15) is 0 Å². The lowest BCUT2D eigenvalue weighted by Crippen LogP contribution is -1.91. The summed E-state index contributed by atoms with van der Waals surface area (Å²) in [5.41, 5.74) is 5.54. The number of allylic oxidation sites excluding steroid dienone is 2. The van der Waals surface area contributed by atoms with Crippen LogP contribution in [0.2, 0.25) is 0 Å². The third-order valence-electron chi connectivity index (χ3n) is 3.46. The minimum atomic E-state index is 1.09. The maximum Gasteiger partial charge on any atom is -0.0146 e. The van der Waals surface area contributed by atoms with Crippen molar-refractivity contribution in [2.75, 3.05) is 0 Å². The van der Waals surface area contributed by atoms with E-state index in [1.165, 1.54) is 33.0 Å². The second-order valence-electron chi connectivity index (χ2n) is 4.71. The molecule has 0 amide bonds. The fourth-order valence-electron chi connectivity index (χ4n) is 2.53. The molecule has 0 aliphatic carbocycles. The van der Waals surface area contributed by atoms with Gasteiger partial charge in [0.25, 0.3) is 0 Å². The summed E-state index contributed by atoms with van der Waals surface area (Å²) in [6.07, 6.45) is 3.40. The van der Waals surface area contributed by atoms with E-state index in [0.717, 1.165) is 6.42 Å². The largest absolute Gasteiger partial charge is 0.0813 e. The molecule has 17 heavy (non-hydrogen) atoms. The van der Waals surface area contributed by atoms with Crippen molar-refractivity contribution in [3.05, 3.63) is 53.1 Å². The van der Waals surface area contributed by atoms with Gasteiger partial charge in [-0.15, -0.1) is 0 Å². The predicted octanol–water partition coefficient (Wildman–Crippen LogP) is 5.27. The molecule has 0 heterocycles. The van der Waals surface area contributed by atoms with Gasteiger partial charge in [0, 0.05) is 0 Å². The molecule has 2 rings (SSSR count). The minimum Gasteiger partial charge on any atom is -0.0813 e. The number of rotatable bonds is 2. The normalized spacial score (nSPS) is 12.1. The Morgan fingerprint density at radius 2 is 1.76 bits per heavy atom. The quantitative estimate of drug-likeness (QED) is 0.652. The molecule has 0 heteroatoms. The number of hydrogen-bond acceptors (Lipinski definition) is 0. The second kappa shape index (κ2) is 4.75. The zero-order valence-electron chi connectivity index (χ0n) is 11.2. The van der Waals surface area contributed by atoms with Crippen LogP contribution in [0.15, 0.2) is 36.4 Å². The first-order chi connectivity index (χ1) is 8.15. The van der Waals surface area contributed by atoms with Crippen LogP contribution >= 0.6 is 0 Å². The van der Waals surface area contributed by atoms with Gasteiger partial charge in [-0.05, 0) is 60.2 Å². The van der Waals surface area contributed by atoms with Crippen LogP contribution in [-0.4, -0.2) is 0 Å². The Bertz CT molecular complexity index is 574. The van der Waals surface area contributed by atoms with E-state index < -0.39 is 0 Å². The van der Waals surface area contributed by atoms with Gasteiger partial charge in [-0.2, -0.15) is 0 Å². The summed E-state index contributed by atoms with van der Waals surface area (Å²) in [5, 5.41) is 2.75. The van der Waals surface area contributed by atoms with Gasteiger partial charge < -0.3 is 0 Å². The Labute approximate surface area is 104 Å². The molecule has 0 fully saturated rings. The van der Waals surface area contributed by atoms with Crippen LogP contribution in [0.25, 0.3) is 16.3 Å². The molecule has 88 valence electrons. The zero-order valence-corrected chi connectivity index (χ0v) is 11.2. The van der Waals surface area contributed by atoms with E-state index in [9.17, 15) is 0 Å². The Morgan fingerprint density at radius 1 is 1.12 bits per heavy atom. The fourth-order valence-corrected chi connectivity index (χ4v) is 2.53. The third-order valence-corrected chi connectivity index (χ3v) is 3.46. The SMILES string of the molecule is CCC=C(C)c1cc(C)c2ccccc2c1C. The average molecular weight is 224 g/mol. The Morgan fingerprint density at radius 3 is 2.41 bits per heavy atom. The van der Waals surface area contributed by atoms with Crippen LogP contribution < -0.4 is 0 Å². The first kappa shape index (κ1) is 11.9. The van der Waals surface area contributed by atoms with Gasteiger partial charge in [-0.25, -0.2) is 0 Å². The lowest BCUT2D eigenvalue weighted by molar-refractivity contribution is 1.22. The third kappa shape index (κ3) is 2.12. The Kier molecular flexibility index (Phi) is 3.33. The molecule has 0 atom stereocenters. The van der Waals surface area contributed by atoms with E-state index in [0.29, 0.717) is 0 Å². The molecule has 0 unspecified atom stereocenters. The van der Waals surface area contributed by atoms with Crippen molar-refractivity contribution in [1.82, 2.24) is 0 Å². The number of aryl methyl sites for hydroxylation is 2. The highest BCUT2D eigenvalue weighted by Crippen LogP contribution is 2.29. The maximum atomic E-state index is 2.32. The van der Waals surface area contributed by atoms with Crippen LogP contribution in [0.1, 0.15) is 37.0 Å². The summed E-state index contributed by atoms with van der Waals surface area (Å²) in [5.74, 6) is 0. The average Bonchev–Trinajstić information content (AvgIpc) is 2.34. The smallest absolute Gasteiger partial charge is 0.0146 e. The van der Waals surface area contributed by atoms with E-state index >= 15 is 0 Å².